The number of likely N-dealkylation sites (tertiary alicyclic amines) is 1. The summed E-state index contributed by atoms with van der Waals surface area (Å²) in [7, 11) is 0. The van der Waals surface area contributed by atoms with Crippen LogP contribution in [0.4, 0.5) is 5.69 Å². The van der Waals surface area contributed by atoms with E-state index in [1.807, 2.05) is 13.0 Å². The lowest BCUT2D eigenvalue weighted by molar-refractivity contribution is -0.385. The first-order valence-corrected chi connectivity index (χ1v) is 7.83. The summed E-state index contributed by atoms with van der Waals surface area (Å²) in [4.78, 5) is 13.3. The molecule has 2 fully saturated rings. The fourth-order valence-corrected chi connectivity index (χ4v) is 3.27. The number of hydrogen-bond donors (Lipinski definition) is 1. The van der Waals surface area contributed by atoms with E-state index in [-0.39, 0.29) is 10.6 Å². The Kier molecular flexibility index (Phi) is 4.22. The Morgan fingerprint density at radius 3 is 2.90 bits per heavy atom. The van der Waals surface area contributed by atoms with Crippen molar-refractivity contribution >= 4 is 5.69 Å². The maximum absolute atomic E-state index is 10.9. The molecule has 1 aromatic carbocycles. The fourth-order valence-electron chi connectivity index (χ4n) is 3.27. The molecule has 0 amide bonds. The van der Waals surface area contributed by atoms with Crippen molar-refractivity contribution in [1.82, 2.24) is 10.2 Å². The Hall–Kier alpha value is -1.46. The van der Waals surface area contributed by atoms with Crippen molar-refractivity contribution in [3.05, 3.63) is 39.4 Å². The highest BCUT2D eigenvalue weighted by molar-refractivity contribution is 5.44. The van der Waals surface area contributed by atoms with Crippen molar-refractivity contribution < 1.29 is 4.92 Å². The van der Waals surface area contributed by atoms with Gasteiger partial charge < -0.3 is 10.2 Å². The second kappa shape index (κ2) is 6.12. The van der Waals surface area contributed by atoms with Gasteiger partial charge in [0, 0.05) is 30.8 Å². The third kappa shape index (κ3) is 3.41. The molecule has 3 rings (SSSR count). The van der Waals surface area contributed by atoms with Crippen LogP contribution in [0.2, 0.25) is 0 Å². The van der Waals surface area contributed by atoms with Gasteiger partial charge >= 0.3 is 0 Å². The second-order valence-corrected chi connectivity index (χ2v) is 6.33. The van der Waals surface area contributed by atoms with E-state index in [0.29, 0.717) is 6.54 Å². The van der Waals surface area contributed by atoms with Crippen molar-refractivity contribution in [2.75, 3.05) is 19.6 Å². The van der Waals surface area contributed by atoms with Crippen molar-refractivity contribution in [3.8, 4) is 0 Å². The van der Waals surface area contributed by atoms with Crippen LogP contribution >= 0.6 is 0 Å². The molecule has 0 bridgehead atoms. The fraction of sp³-hybridized carbons (Fsp3) is 0.625. The van der Waals surface area contributed by atoms with E-state index in [2.05, 4.69) is 10.2 Å². The summed E-state index contributed by atoms with van der Waals surface area (Å²) in [5.74, 6) is 0.726. The molecule has 0 aromatic heterocycles. The molecule has 21 heavy (non-hydrogen) atoms. The lowest BCUT2D eigenvalue weighted by atomic mass is 10.1. The topological polar surface area (TPSA) is 58.4 Å². The van der Waals surface area contributed by atoms with Gasteiger partial charge in [0.25, 0.3) is 5.69 Å². The molecule has 0 spiro atoms. The monoisotopic (exact) mass is 289 g/mol. The molecule has 1 unspecified atom stereocenters. The smallest absolute Gasteiger partial charge is 0.272 e. The quantitative estimate of drug-likeness (QED) is 0.645. The number of nitro groups is 1. The molecule has 1 aliphatic carbocycles. The Balaban J connectivity index is 1.49. The first-order chi connectivity index (χ1) is 10.1. The van der Waals surface area contributed by atoms with Crippen LogP contribution in [0, 0.1) is 23.0 Å². The molecule has 1 aliphatic heterocycles. The summed E-state index contributed by atoms with van der Waals surface area (Å²) in [6.07, 6.45) is 4.04. The summed E-state index contributed by atoms with van der Waals surface area (Å²) in [5.41, 5.74) is 2.03. The van der Waals surface area contributed by atoms with Crippen LogP contribution in [-0.2, 0) is 6.54 Å². The zero-order valence-corrected chi connectivity index (χ0v) is 12.5. The molecule has 1 saturated carbocycles. The van der Waals surface area contributed by atoms with Crippen LogP contribution < -0.4 is 5.32 Å². The third-order valence-electron chi connectivity index (χ3n) is 4.74. The molecule has 1 N–H and O–H groups in total. The lowest BCUT2D eigenvalue weighted by Gasteiger charge is -2.15. The summed E-state index contributed by atoms with van der Waals surface area (Å²) in [5, 5.41) is 14.4. The van der Waals surface area contributed by atoms with E-state index < -0.39 is 0 Å². The summed E-state index contributed by atoms with van der Waals surface area (Å²) in [6.45, 7) is 6.01. The van der Waals surface area contributed by atoms with Gasteiger partial charge in [0.05, 0.1) is 4.92 Å². The van der Waals surface area contributed by atoms with Gasteiger partial charge in [0.15, 0.2) is 0 Å². The zero-order chi connectivity index (χ0) is 14.8. The van der Waals surface area contributed by atoms with Crippen LogP contribution in [0.5, 0.6) is 0 Å². The molecule has 2 aliphatic rings. The van der Waals surface area contributed by atoms with Gasteiger partial charge in [-0.1, -0.05) is 12.1 Å². The number of hydrogen-bond acceptors (Lipinski definition) is 4. The minimum absolute atomic E-state index is 0.218. The van der Waals surface area contributed by atoms with Crippen LogP contribution in [0.3, 0.4) is 0 Å². The van der Waals surface area contributed by atoms with Crippen molar-refractivity contribution in [3.63, 3.8) is 0 Å². The first kappa shape index (κ1) is 14.5. The SMILES string of the molecule is Cc1c(CNCC2CCN(C3CC3)C2)cccc1[N+](=O)[O-]. The predicted octanol–water partition coefficient (Wildman–Crippen LogP) is 2.48. The highest BCUT2D eigenvalue weighted by atomic mass is 16.6. The molecular weight excluding hydrogens is 266 g/mol. The molecule has 1 heterocycles. The van der Waals surface area contributed by atoms with Gasteiger partial charge in [-0.05, 0) is 50.8 Å². The molecule has 5 heteroatoms. The molecule has 1 saturated heterocycles. The van der Waals surface area contributed by atoms with Crippen molar-refractivity contribution in [2.24, 2.45) is 5.92 Å². The standard InChI is InChI=1S/C16H23N3O2/c1-12-14(3-2-4-16(12)19(20)21)10-17-9-13-7-8-18(11-13)15-5-6-15/h2-4,13,15,17H,5-11H2,1H3. The summed E-state index contributed by atoms with van der Waals surface area (Å²) in [6, 6.07) is 6.19. The normalized spacial score (nSPS) is 22.6. The van der Waals surface area contributed by atoms with Crippen molar-refractivity contribution in [2.45, 2.75) is 38.8 Å². The number of nitro benzene ring substituents is 1. The van der Waals surface area contributed by atoms with E-state index in [4.69, 9.17) is 0 Å². The average molecular weight is 289 g/mol. The van der Waals surface area contributed by atoms with Gasteiger partial charge in [-0.15, -0.1) is 0 Å². The summed E-state index contributed by atoms with van der Waals surface area (Å²) < 4.78 is 0. The Bertz CT molecular complexity index is 528. The highest BCUT2D eigenvalue weighted by Crippen LogP contribution is 2.31. The van der Waals surface area contributed by atoms with Crippen molar-refractivity contribution in [1.29, 1.82) is 0 Å². The molecule has 114 valence electrons. The largest absolute Gasteiger partial charge is 0.312 e. The molecule has 1 aromatic rings. The second-order valence-electron chi connectivity index (χ2n) is 6.33. The maximum Gasteiger partial charge on any atom is 0.272 e. The molecule has 5 nitrogen and oxygen atoms in total. The number of nitrogens with one attached hydrogen (secondary N) is 1. The van der Waals surface area contributed by atoms with Gasteiger partial charge in [-0.25, -0.2) is 0 Å². The van der Waals surface area contributed by atoms with Gasteiger partial charge in [0.2, 0.25) is 0 Å². The van der Waals surface area contributed by atoms with Gasteiger partial charge in [-0.3, -0.25) is 10.1 Å². The number of nitrogens with zero attached hydrogens (tertiary/aromatic N) is 2. The first-order valence-electron chi connectivity index (χ1n) is 7.83. The van der Waals surface area contributed by atoms with Crippen LogP contribution in [0.1, 0.15) is 30.4 Å². The maximum atomic E-state index is 10.9. The zero-order valence-electron chi connectivity index (χ0n) is 12.5. The van der Waals surface area contributed by atoms with E-state index in [0.717, 1.165) is 29.6 Å². The molecular formula is C16H23N3O2. The Morgan fingerprint density at radius 1 is 1.38 bits per heavy atom. The van der Waals surface area contributed by atoms with E-state index in [1.165, 1.54) is 32.4 Å². The highest BCUT2D eigenvalue weighted by Gasteiger charge is 2.33. The number of benzene rings is 1. The van der Waals surface area contributed by atoms with Crippen LogP contribution in [0.25, 0.3) is 0 Å². The minimum atomic E-state index is -0.302. The van der Waals surface area contributed by atoms with Crippen LogP contribution in [0.15, 0.2) is 18.2 Å². The average Bonchev–Trinajstić information content (AvgIpc) is 3.20. The third-order valence-corrected chi connectivity index (χ3v) is 4.74. The Morgan fingerprint density at radius 2 is 2.19 bits per heavy atom. The molecule has 1 atom stereocenters. The minimum Gasteiger partial charge on any atom is -0.312 e. The predicted molar refractivity (Wildman–Crippen MR) is 82.2 cm³/mol. The van der Waals surface area contributed by atoms with Crippen LogP contribution in [-0.4, -0.2) is 35.5 Å². The van der Waals surface area contributed by atoms with E-state index in [9.17, 15) is 10.1 Å². The van der Waals surface area contributed by atoms with Gasteiger partial charge in [0.1, 0.15) is 0 Å². The van der Waals surface area contributed by atoms with Gasteiger partial charge in [-0.2, -0.15) is 0 Å². The summed E-state index contributed by atoms with van der Waals surface area (Å²) >= 11 is 0. The molecule has 0 radical (unpaired) electrons. The van der Waals surface area contributed by atoms with E-state index in [1.54, 1.807) is 12.1 Å². The lowest BCUT2D eigenvalue weighted by Crippen LogP contribution is -2.27. The van der Waals surface area contributed by atoms with E-state index >= 15 is 0 Å². The number of rotatable bonds is 6. The Labute approximate surface area is 125 Å².